The number of rotatable bonds is 4. The van der Waals surface area contributed by atoms with Crippen LogP contribution in [0.15, 0.2) is 53.6 Å². The molecule has 1 saturated heterocycles. The molecule has 3 rings (SSSR count). The lowest BCUT2D eigenvalue weighted by Gasteiger charge is -2.33. The van der Waals surface area contributed by atoms with Crippen LogP contribution in [0.3, 0.4) is 0 Å². The van der Waals surface area contributed by atoms with Gasteiger partial charge in [-0.15, -0.1) is 0 Å². The molecule has 9 heteroatoms. The number of halogens is 3. The topological polar surface area (TPSA) is 62.3 Å². The van der Waals surface area contributed by atoms with Crippen LogP contribution in [-0.2, 0) is 16.2 Å². The Bertz CT molecular complexity index is 849. The lowest BCUT2D eigenvalue weighted by Crippen LogP contribution is -2.44. The van der Waals surface area contributed by atoms with Gasteiger partial charge in [0, 0.05) is 25.3 Å². The molecule has 2 heterocycles. The highest BCUT2D eigenvalue weighted by atomic mass is 32.2. The van der Waals surface area contributed by atoms with Crippen LogP contribution in [0.2, 0.25) is 0 Å². The zero-order valence-corrected chi connectivity index (χ0v) is 14.6. The highest BCUT2D eigenvalue weighted by Crippen LogP contribution is 2.31. The van der Waals surface area contributed by atoms with Gasteiger partial charge in [-0.3, -0.25) is 0 Å². The van der Waals surface area contributed by atoms with E-state index in [1.54, 1.807) is 23.1 Å². The van der Waals surface area contributed by atoms with Gasteiger partial charge in [0.15, 0.2) is 0 Å². The fourth-order valence-electron chi connectivity index (χ4n) is 2.88. The van der Waals surface area contributed by atoms with Gasteiger partial charge in [0.25, 0.3) is 0 Å². The molecule has 140 valence electrons. The first-order valence-corrected chi connectivity index (χ1v) is 9.59. The Morgan fingerprint density at radius 1 is 1.08 bits per heavy atom. The second-order valence-corrected chi connectivity index (χ2v) is 7.81. The minimum Gasteiger partial charge on any atom is -0.356 e. The Hall–Kier alpha value is -2.13. The van der Waals surface area contributed by atoms with E-state index in [-0.39, 0.29) is 16.8 Å². The van der Waals surface area contributed by atoms with Gasteiger partial charge in [-0.25, -0.2) is 18.1 Å². The minimum atomic E-state index is -4.42. The number of pyridine rings is 1. The van der Waals surface area contributed by atoms with Crippen molar-refractivity contribution in [1.82, 2.24) is 9.71 Å². The summed E-state index contributed by atoms with van der Waals surface area (Å²) in [5.41, 5.74) is -0.741. The zero-order valence-electron chi connectivity index (χ0n) is 13.8. The van der Waals surface area contributed by atoms with E-state index in [1.165, 1.54) is 12.1 Å². The van der Waals surface area contributed by atoms with Gasteiger partial charge in [-0.1, -0.05) is 18.2 Å². The van der Waals surface area contributed by atoms with Crippen LogP contribution in [0.5, 0.6) is 0 Å². The van der Waals surface area contributed by atoms with Crippen LogP contribution in [0, 0.1) is 0 Å². The number of nitrogens with one attached hydrogen (secondary N) is 1. The fourth-order valence-corrected chi connectivity index (χ4v) is 4.21. The Kier molecular flexibility index (Phi) is 5.19. The van der Waals surface area contributed by atoms with Crippen LogP contribution in [-0.4, -0.2) is 32.5 Å². The molecule has 0 bridgehead atoms. The SMILES string of the molecule is O=S(=O)(NC1CCN(c2cc(C(F)(F)F)ccn2)CC1)c1ccccc1. The molecule has 0 spiro atoms. The van der Waals surface area contributed by atoms with Crippen molar-refractivity contribution in [1.29, 1.82) is 0 Å². The molecular weight excluding hydrogens is 367 g/mol. The summed E-state index contributed by atoms with van der Waals surface area (Å²) in [4.78, 5) is 5.95. The molecular formula is C17H18F3N3O2S. The zero-order chi connectivity index (χ0) is 18.8. The number of sulfonamides is 1. The number of benzene rings is 1. The Balaban J connectivity index is 1.63. The second-order valence-electron chi connectivity index (χ2n) is 6.10. The fraction of sp³-hybridized carbons (Fsp3) is 0.353. The quantitative estimate of drug-likeness (QED) is 0.879. The predicted molar refractivity (Wildman–Crippen MR) is 91.2 cm³/mol. The molecule has 2 aromatic rings. The maximum atomic E-state index is 12.8. The highest BCUT2D eigenvalue weighted by Gasteiger charge is 2.32. The summed E-state index contributed by atoms with van der Waals surface area (Å²) in [6.07, 6.45) is -2.29. The number of alkyl halides is 3. The molecule has 0 aliphatic carbocycles. The van der Waals surface area contributed by atoms with Crippen molar-refractivity contribution < 1.29 is 21.6 Å². The van der Waals surface area contributed by atoms with Gasteiger partial charge in [0.05, 0.1) is 10.5 Å². The predicted octanol–water partition coefficient (Wildman–Crippen LogP) is 3.05. The van der Waals surface area contributed by atoms with Gasteiger partial charge in [-0.05, 0) is 37.1 Å². The van der Waals surface area contributed by atoms with E-state index >= 15 is 0 Å². The molecule has 5 nitrogen and oxygen atoms in total. The largest absolute Gasteiger partial charge is 0.416 e. The molecule has 1 aromatic carbocycles. The van der Waals surface area contributed by atoms with Crippen molar-refractivity contribution in [2.75, 3.05) is 18.0 Å². The van der Waals surface area contributed by atoms with E-state index < -0.39 is 21.8 Å². The normalized spacial score (nSPS) is 16.7. The van der Waals surface area contributed by atoms with E-state index in [0.717, 1.165) is 18.3 Å². The minimum absolute atomic E-state index is 0.196. The lowest BCUT2D eigenvalue weighted by atomic mass is 10.1. The third-order valence-corrected chi connectivity index (χ3v) is 5.80. The monoisotopic (exact) mass is 385 g/mol. The summed E-state index contributed by atoms with van der Waals surface area (Å²) in [6.45, 7) is 0.854. The van der Waals surface area contributed by atoms with Crippen molar-refractivity contribution in [2.45, 2.75) is 30.0 Å². The lowest BCUT2D eigenvalue weighted by molar-refractivity contribution is -0.137. The molecule has 0 radical (unpaired) electrons. The van der Waals surface area contributed by atoms with Crippen LogP contribution in [0.25, 0.3) is 0 Å². The Labute approximate surface area is 149 Å². The molecule has 1 aromatic heterocycles. The first-order chi connectivity index (χ1) is 12.3. The second kappa shape index (κ2) is 7.24. The number of aromatic nitrogens is 1. The van der Waals surface area contributed by atoms with Gasteiger partial charge >= 0.3 is 6.18 Å². The van der Waals surface area contributed by atoms with Gasteiger partial charge in [0.2, 0.25) is 10.0 Å². The molecule has 0 atom stereocenters. The van der Waals surface area contributed by atoms with Crippen LogP contribution in [0.1, 0.15) is 18.4 Å². The maximum Gasteiger partial charge on any atom is 0.416 e. The maximum absolute atomic E-state index is 12.8. The van der Waals surface area contributed by atoms with Crippen LogP contribution < -0.4 is 9.62 Å². The highest BCUT2D eigenvalue weighted by molar-refractivity contribution is 7.89. The Morgan fingerprint density at radius 3 is 2.35 bits per heavy atom. The van der Waals surface area contributed by atoms with Crippen molar-refractivity contribution in [3.63, 3.8) is 0 Å². The number of hydrogen-bond acceptors (Lipinski definition) is 4. The van der Waals surface area contributed by atoms with E-state index in [9.17, 15) is 21.6 Å². The van der Waals surface area contributed by atoms with Crippen molar-refractivity contribution in [3.8, 4) is 0 Å². The summed E-state index contributed by atoms with van der Waals surface area (Å²) >= 11 is 0. The molecule has 0 amide bonds. The summed E-state index contributed by atoms with van der Waals surface area (Å²) < 4.78 is 65.8. The van der Waals surface area contributed by atoms with Crippen molar-refractivity contribution >= 4 is 15.8 Å². The Morgan fingerprint density at radius 2 is 1.73 bits per heavy atom. The van der Waals surface area contributed by atoms with E-state index in [1.807, 2.05) is 0 Å². The number of anilines is 1. The molecule has 1 N–H and O–H groups in total. The average molecular weight is 385 g/mol. The standard InChI is InChI=1S/C17H18F3N3O2S/c18-17(19,20)13-6-9-21-16(12-13)23-10-7-14(8-11-23)22-26(24,25)15-4-2-1-3-5-15/h1-6,9,12,14,22H,7-8,10-11H2. The summed E-state index contributed by atoms with van der Waals surface area (Å²) in [5.74, 6) is 0.254. The first kappa shape index (κ1) is 18.7. The van der Waals surface area contributed by atoms with Gasteiger partial charge < -0.3 is 4.90 Å². The summed E-state index contributed by atoms with van der Waals surface area (Å²) in [7, 11) is -3.60. The number of hydrogen-bond donors (Lipinski definition) is 1. The third kappa shape index (κ3) is 4.34. The molecule has 1 fully saturated rings. The van der Waals surface area contributed by atoms with Crippen LogP contribution >= 0.6 is 0 Å². The number of piperidine rings is 1. The van der Waals surface area contributed by atoms with Gasteiger partial charge in [-0.2, -0.15) is 13.2 Å². The van der Waals surface area contributed by atoms with Crippen molar-refractivity contribution in [2.24, 2.45) is 0 Å². The molecule has 0 unspecified atom stereocenters. The smallest absolute Gasteiger partial charge is 0.356 e. The van der Waals surface area contributed by atoms with E-state index in [0.29, 0.717) is 25.9 Å². The first-order valence-electron chi connectivity index (χ1n) is 8.11. The van der Waals surface area contributed by atoms with Crippen LogP contribution in [0.4, 0.5) is 19.0 Å². The molecule has 1 aliphatic heterocycles. The third-order valence-electron chi connectivity index (χ3n) is 4.27. The van der Waals surface area contributed by atoms with Gasteiger partial charge in [0.1, 0.15) is 5.82 Å². The molecule has 26 heavy (non-hydrogen) atoms. The summed E-state index contributed by atoms with van der Waals surface area (Å²) in [6, 6.07) is 9.77. The molecule has 1 aliphatic rings. The number of nitrogens with zero attached hydrogens (tertiary/aromatic N) is 2. The van der Waals surface area contributed by atoms with E-state index in [4.69, 9.17) is 0 Å². The average Bonchev–Trinajstić information content (AvgIpc) is 2.62. The van der Waals surface area contributed by atoms with Crippen molar-refractivity contribution in [3.05, 3.63) is 54.2 Å². The van der Waals surface area contributed by atoms with E-state index in [2.05, 4.69) is 9.71 Å². The molecule has 0 saturated carbocycles. The summed E-state index contributed by atoms with van der Waals surface area (Å²) in [5, 5.41) is 0.